The summed E-state index contributed by atoms with van der Waals surface area (Å²) in [7, 11) is 0. The zero-order valence-corrected chi connectivity index (χ0v) is 14.7. The van der Waals surface area contributed by atoms with Crippen molar-refractivity contribution in [1.82, 2.24) is 14.8 Å². The Morgan fingerprint density at radius 2 is 2.24 bits per heavy atom. The van der Waals surface area contributed by atoms with Crippen LogP contribution in [-0.4, -0.2) is 25.6 Å². The summed E-state index contributed by atoms with van der Waals surface area (Å²) in [6.07, 6.45) is 0. The van der Waals surface area contributed by atoms with Gasteiger partial charge in [-0.1, -0.05) is 11.6 Å². The lowest BCUT2D eigenvalue weighted by Crippen LogP contribution is -2.10. The highest BCUT2D eigenvalue weighted by Gasteiger charge is 2.24. The molecule has 0 saturated heterocycles. The third-order valence-electron chi connectivity index (χ3n) is 3.32. The van der Waals surface area contributed by atoms with Gasteiger partial charge in [0, 0.05) is 5.38 Å². The molecule has 1 amide bonds. The van der Waals surface area contributed by atoms with Gasteiger partial charge < -0.3 is 14.5 Å². The number of thiazole rings is 1. The third kappa shape index (κ3) is 3.54. The van der Waals surface area contributed by atoms with Crippen LogP contribution in [0.5, 0.6) is 0 Å². The number of nitrogens with one attached hydrogen (secondary N) is 1. The summed E-state index contributed by atoms with van der Waals surface area (Å²) in [4.78, 5) is 26.5. The van der Waals surface area contributed by atoms with Crippen LogP contribution < -0.4 is 5.32 Å². The third-order valence-corrected chi connectivity index (χ3v) is 4.64. The molecule has 0 fully saturated rings. The van der Waals surface area contributed by atoms with Crippen LogP contribution in [0.25, 0.3) is 0 Å². The quantitative estimate of drug-likeness (QED) is 0.534. The van der Waals surface area contributed by atoms with Crippen molar-refractivity contribution < 1.29 is 14.1 Å². The molecule has 25 heavy (non-hydrogen) atoms. The molecule has 9 nitrogen and oxygen atoms in total. The Bertz CT molecular complexity index is 960. The summed E-state index contributed by atoms with van der Waals surface area (Å²) in [6, 6.07) is 3.11. The average molecular weight is 382 g/mol. The lowest BCUT2D eigenvalue weighted by molar-refractivity contribution is -0.389. The largest absolute Gasteiger partial charge is 0.454 e. The summed E-state index contributed by atoms with van der Waals surface area (Å²) in [5.41, 5.74) is 1.25. The molecule has 0 aliphatic heterocycles. The predicted octanol–water partition coefficient (Wildman–Crippen LogP) is 3.41. The molecule has 0 saturated carbocycles. The van der Waals surface area contributed by atoms with Gasteiger partial charge in [-0.05, 0) is 30.9 Å². The highest BCUT2D eigenvalue weighted by atomic mass is 35.5. The number of furan rings is 1. The van der Waals surface area contributed by atoms with Gasteiger partial charge in [-0.15, -0.1) is 11.3 Å². The van der Waals surface area contributed by atoms with E-state index in [0.717, 1.165) is 5.69 Å². The molecule has 3 heterocycles. The van der Waals surface area contributed by atoms with Crippen LogP contribution in [0.2, 0.25) is 5.02 Å². The summed E-state index contributed by atoms with van der Waals surface area (Å²) in [5.74, 6) is -0.324. The van der Waals surface area contributed by atoms with E-state index in [0.29, 0.717) is 16.6 Å². The molecule has 0 bridgehead atoms. The number of carbonyl (C=O) groups is 1. The number of hydrogen-bond acceptors (Lipinski definition) is 7. The number of aromatic nitrogens is 3. The minimum Gasteiger partial charge on any atom is -0.454 e. The minimum atomic E-state index is -0.650. The van der Waals surface area contributed by atoms with E-state index in [-0.39, 0.29) is 17.3 Å². The smallest absolute Gasteiger partial charge is 0.408 e. The highest BCUT2D eigenvalue weighted by molar-refractivity contribution is 7.13. The second-order valence-electron chi connectivity index (χ2n) is 5.15. The summed E-state index contributed by atoms with van der Waals surface area (Å²) < 4.78 is 6.84. The second-order valence-corrected chi connectivity index (χ2v) is 6.39. The molecule has 11 heteroatoms. The molecular formula is C14H12ClN5O4S. The SMILES string of the molecule is Cc1csc(NC(=O)c2ccc(Cn3nc([N+](=O)[O-])c(Cl)c3C)o2)n1. The van der Waals surface area contributed by atoms with E-state index in [4.69, 9.17) is 16.0 Å². The van der Waals surface area contributed by atoms with Crippen molar-refractivity contribution in [1.29, 1.82) is 0 Å². The van der Waals surface area contributed by atoms with Gasteiger partial charge >= 0.3 is 5.82 Å². The molecule has 0 radical (unpaired) electrons. The number of halogens is 1. The Hall–Kier alpha value is -2.72. The maximum atomic E-state index is 12.1. The van der Waals surface area contributed by atoms with Crippen molar-refractivity contribution >= 4 is 39.8 Å². The van der Waals surface area contributed by atoms with Crippen LogP contribution in [0.15, 0.2) is 21.9 Å². The first-order valence-electron chi connectivity index (χ1n) is 7.04. The second kappa shape index (κ2) is 6.65. The molecule has 3 aromatic rings. The van der Waals surface area contributed by atoms with E-state index in [1.54, 1.807) is 13.0 Å². The van der Waals surface area contributed by atoms with Crippen LogP contribution in [0.3, 0.4) is 0 Å². The van der Waals surface area contributed by atoms with E-state index in [1.165, 1.54) is 22.1 Å². The number of nitro groups is 1. The van der Waals surface area contributed by atoms with Crippen molar-refractivity contribution in [3.63, 3.8) is 0 Å². The molecule has 3 aromatic heterocycles. The molecule has 0 atom stereocenters. The molecular weight excluding hydrogens is 370 g/mol. The van der Waals surface area contributed by atoms with Gasteiger partial charge in [0.1, 0.15) is 12.3 Å². The molecule has 0 aliphatic carbocycles. The fourth-order valence-electron chi connectivity index (χ4n) is 2.08. The van der Waals surface area contributed by atoms with Crippen molar-refractivity contribution in [2.75, 3.05) is 5.32 Å². The van der Waals surface area contributed by atoms with Gasteiger partial charge in [-0.2, -0.15) is 4.68 Å². The number of hydrogen-bond donors (Lipinski definition) is 1. The first-order chi connectivity index (χ1) is 11.8. The predicted molar refractivity (Wildman–Crippen MR) is 91.2 cm³/mol. The van der Waals surface area contributed by atoms with Crippen molar-refractivity contribution in [2.24, 2.45) is 0 Å². The molecule has 0 aliphatic rings. The van der Waals surface area contributed by atoms with Crippen LogP contribution in [-0.2, 0) is 6.54 Å². The summed E-state index contributed by atoms with van der Waals surface area (Å²) in [6.45, 7) is 3.56. The van der Waals surface area contributed by atoms with E-state index >= 15 is 0 Å². The van der Waals surface area contributed by atoms with Crippen LogP contribution >= 0.6 is 22.9 Å². The van der Waals surface area contributed by atoms with Gasteiger partial charge in [0.15, 0.2) is 15.9 Å². The number of carbonyl (C=O) groups excluding carboxylic acids is 1. The fourth-order valence-corrected chi connectivity index (χ4v) is 2.97. The Kier molecular flexibility index (Phi) is 4.55. The number of amides is 1. The van der Waals surface area contributed by atoms with Crippen molar-refractivity contribution in [2.45, 2.75) is 20.4 Å². The molecule has 0 aromatic carbocycles. The van der Waals surface area contributed by atoms with E-state index < -0.39 is 16.6 Å². The first kappa shape index (κ1) is 17.1. The fraction of sp³-hybridized carbons (Fsp3) is 0.214. The minimum absolute atomic E-state index is 0.0198. The van der Waals surface area contributed by atoms with Crippen LogP contribution in [0.4, 0.5) is 10.9 Å². The van der Waals surface area contributed by atoms with E-state index in [9.17, 15) is 14.9 Å². The average Bonchev–Trinajstić information content (AvgIpc) is 3.24. The maximum absolute atomic E-state index is 12.1. The van der Waals surface area contributed by atoms with Gasteiger partial charge in [0.25, 0.3) is 5.91 Å². The standard InChI is InChI=1S/C14H12ClN5O4S/c1-7-6-25-14(16-7)17-13(21)10-4-3-9(24-10)5-19-8(2)11(15)12(18-19)20(22)23/h3-4,6H,5H2,1-2H3,(H,16,17,21). The summed E-state index contributed by atoms with van der Waals surface area (Å²) in [5, 5.41) is 19.6. The lowest BCUT2D eigenvalue weighted by Gasteiger charge is -1.99. The molecule has 3 rings (SSSR count). The van der Waals surface area contributed by atoms with E-state index in [1.807, 2.05) is 12.3 Å². The topological polar surface area (TPSA) is 116 Å². The van der Waals surface area contributed by atoms with Gasteiger partial charge in [0.2, 0.25) is 0 Å². The van der Waals surface area contributed by atoms with E-state index in [2.05, 4.69) is 15.4 Å². The Labute approximate surface area is 150 Å². The number of nitrogens with zero attached hydrogens (tertiary/aromatic N) is 4. The maximum Gasteiger partial charge on any atom is 0.408 e. The Morgan fingerprint density at radius 3 is 2.84 bits per heavy atom. The van der Waals surface area contributed by atoms with Gasteiger partial charge in [-0.3, -0.25) is 10.1 Å². The first-order valence-corrected chi connectivity index (χ1v) is 8.30. The zero-order chi connectivity index (χ0) is 18.1. The lowest BCUT2D eigenvalue weighted by atomic mass is 10.4. The van der Waals surface area contributed by atoms with Crippen molar-refractivity contribution in [3.8, 4) is 0 Å². The molecule has 130 valence electrons. The Morgan fingerprint density at radius 1 is 1.48 bits per heavy atom. The van der Waals surface area contributed by atoms with Crippen LogP contribution in [0.1, 0.15) is 27.7 Å². The van der Waals surface area contributed by atoms with Crippen molar-refractivity contribution in [3.05, 3.63) is 55.6 Å². The normalized spacial score (nSPS) is 10.8. The number of aryl methyl sites for hydroxylation is 1. The number of anilines is 1. The summed E-state index contributed by atoms with van der Waals surface area (Å²) >= 11 is 7.21. The Balaban J connectivity index is 1.75. The molecule has 1 N–H and O–H groups in total. The molecule has 0 unspecified atom stereocenters. The molecule has 0 spiro atoms. The van der Waals surface area contributed by atoms with Gasteiger partial charge in [-0.25, -0.2) is 4.98 Å². The van der Waals surface area contributed by atoms with Crippen LogP contribution in [0, 0.1) is 24.0 Å². The zero-order valence-electron chi connectivity index (χ0n) is 13.1. The highest BCUT2D eigenvalue weighted by Crippen LogP contribution is 2.27. The van der Waals surface area contributed by atoms with Gasteiger partial charge in [0.05, 0.1) is 16.5 Å². The monoisotopic (exact) mass is 381 g/mol. The number of rotatable bonds is 5.